The topological polar surface area (TPSA) is 0 Å². The molecule has 0 radical (unpaired) electrons. The molecule has 0 aromatic heterocycles. The number of halogens is 1. The van der Waals surface area contributed by atoms with Gasteiger partial charge in [-0.2, -0.15) is 0 Å². The van der Waals surface area contributed by atoms with Crippen LogP contribution >= 0.6 is 11.6 Å². The van der Waals surface area contributed by atoms with Crippen molar-refractivity contribution in [2.75, 3.05) is 0 Å². The number of benzene rings is 1. The summed E-state index contributed by atoms with van der Waals surface area (Å²) in [6.07, 6.45) is 2.70. The van der Waals surface area contributed by atoms with Crippen molar-refractivity contribution in [1.82, 2.24) is 0 Å². The molecule has 1 rings (SSSR count). The molecule has 1 aromatic carbocycles. The first-order valence-electron chi connectivity index (χ1n) is 4.27. The molecule has 1 aromatic rings. The first-order valence-corrected chi connectivity index (χ1v) is 4.65. The predicted octanol–water partition coefficient (Wildman–Crippen LogP) is 4.23. The third-order valence-electron chi connectivity index (χ3n) is 1.85. The molecule has 0 spiro atoms. The molecule has 13 heavy (non-hydrogen) atoms. The number of hydrogen-bond acceptors (Lipinski definition) is 0. The Hall–Kier alpha value is -1.01. The van der Waals surface area contributed by atoms with Crippen molar-refractivity contribution in [3.63, 3.8) is 0 Å². The zero-order valence-electron chi connectivity index (χ0n) is 7.76. The fraction of sp³-hybridized carbons (Fsp3) is 0.167. The monoisotopic (exact) mass is 192 g/mol. The molecule has 0 aliphatic rings. The van der Waals surface area contributed by atoms with Gasteiger partial charge in [0.2, 0.25) is 0 Å². The van der Waals surface area contributed by atoms with Crippen LogP contribution in [0.4, 0.5) is 0 Å². The molecule has 0 saturated heterocycles. The minimum atomic E-state index is 0.834. The van der Waals surface area contributed by atoms with Crippen LogP contribution in [0.15, 0.2) is 48.6 Å². The van der Waals surface area contributed by atoms with E-state index in [0.29, 0.717) is 0 Å². The lowest BCUT2D eigenvalue weighted by atomic mass is 10.1. The van der Waals surface area contributed by atoms with Crippen molar-refractivity contribution in [1.29, 1.82) is 0 Å². The van der Waals surface area contributed by atoms with Crippen LogP contribution < -0.4 is 0 Å². The summed E-state index contributed by atoms with van der Waals surface area (Å²) in [6.45, 7) is 5.71. The molecule has 0 bridgehead atoms. The quantitative estimate of drug-likeness (QED) is 0.629. The van der Waals surface area contributed by atoms with E-state index in [1.165, 1.54) is 0 Å². The Kier molecular flexibility index (Phi) is 3.78. The number of rotatable bonds is 3. The first-order chi connectivity index (χ1) is 6.25. The highest BCUT2D eigenvalue weighted by molar-refractivity contribution is 6.49. The SMILES string of the molecule is C=CCC(C)=C(Cl)c1ccccc1. The zero-order chi connectivity index (χ0) is 9.68. The summed E-state index contributed by atoms with van der Waals surface area (Å²) >= 11 is 6.17. The summed E-state index contributed by atoms with van der Waals surface area (Å²) in [5.74, 6) is 0. The van der Waals surface area contributed by atoms with E-state index < -0.39 is 0 Å². The normalized spacial score (nSPS) is 12.2. The molecule has 0 fully saturated rings. The van der Waals surface area contributed by atoms with E-state index >= 15 is 0 Å². The molecular weight excluding hydrogens is 180 g/mol. The lowest BCUT2D eigenvalue weighted by molar-refractivity contribution is 1.23. The van der Waals surface area contributed by atoms with Gasteiger partial charge in [-0.05, 0) is 18.9 Å². The van der Waals surface area contributed by atoms with E-state index in [1.807, 2.05) is 43.3 Å². The van der Waals surface area contributed by atoms with Crippen LogP contribution in [0.3, 0.4) is 0 Å². The summed E-state index contributed by atoms with van der Waals surface area (Å²) in [7, 11) is 0. The third-order valence-corrected chi connectivity index (χ3v) is 2.39. The lowest BCUT2D eigenvalue weighted by Crippen LogP contribution is -1.81. The first kappa shape index (κ1) is 10.1. The Balaban J connectivity index is 2.95. The van der Waals surface area contributed by atoms with Crippen LogP contribution in [-0.2, 0) is 0 Å². The van der Waals surface area contributed by atoms with Crippen molar-refractivity contribution in [3.8, 4) is 0 Å². The largest absolute Gasteiger partial charge is 0.103 e. The maximum atomic E-state index is 6.17. The highest BCUT2D eigenvalue weighted by atomic mass is 35.5. The van der Waals surface area contributed by atoms with E-state index in [9.17, 15) is 0 Å². The highest BCUT2D eigenvalue weighted by Gasteiger charge is 1.99. The zero-order valence-corrected chi connectivity index (χ0v) is 8.51. The fourth-order valence-electron chi connectivity index (χ4n) is 1.14. The fourth-order valence-corrected chi connectivity index (χ4v) is 1.34. The molecule has 0 saturated carbocycles. The Morgan fingerprint density at radius 2 is 2.00 bits per heavy atom. The maximum Gasteiger partial charge on any atom is 0.0470 e. The Labute approximate surface area is 84.5 Å². The Bertz CT molecular complexity index is 309. The maximum absolute atomic E-state index is 6.17. The third kappa shape index (κ3) is 2.74. The second kappa shape index (κ2) is 4.88. The molecule has 0 aliphatic carbocycles. The summed E-state index contributed by atoms with van der Waals surface area (Å²) < 4.78 is 0. The van der Waals surface area contributed by atoms with Gasteiger partial charge in [0, 0.05) is 5.03 Å². The van der Waals surface area contributed by atoms with Gasteiger partial charge >= 0.3 is 0 Å². The van der Waals surface area contributed by atoms with Crippen molar-refractivity contribution in [2.45, 2.75) is 13.3 Å². The van der Waals surface area contributed by atoms with E-state index in [2.05, 4.69) is 6.58 Å². The molecule has 0 N–H and O–H groups in total. The van der Waals surface area contributed by atoms with Crippen molar-refractivity contribution in [2.24, 2.45) is 0 Å². The van der Waals surface area contributed by atoms with E-state index in [1.54, 1.807) is 0 Å². The van der Waals surface area contributed by atoms with Crippen molar-refractivity contribution >= 4 is 16.6 Å². The number of allylic oxidation sites excluding steroid dienone is 2. The molecule has 0 heterocycles. The molecule has 1 heteroatoms. The van der Waals surface area contributed by atoms with E-state index in [4.69, 9.17) is 11.6 Å². The molecule has 0 atom stereocenters. The van der Waals surface area contributed by atoms with Gasteiger partial charge in [0.25, 0.3) is 0 Å². The molecule has 0 nitrogen and oxygen atoms in total. The second-order valence-electron chi connectivity index (χ2n) is 2.95. The molecule has 0 aliphatic heterocycles. The van der Waals surface area contributed by atoms with Gasteiger partial charge in [-0.15, -0.1) is 6.58 Å². The molecule has 0 unspecified atom stereocenters. The number of hydrogen-bond donors (Lipinski definition) is 0. The minimum absolute atomic E-state index is 0.834. The Morgan fingerprint density at radius 1 is 1.38 bits per heavy atom. The summed E-state index contributed by atoms with van der Waals surface area (Å²) in [6, 6.07) is 9.97. The summed E-state index contributed by atoms with van der Waals surface area (Å²) in [5.41, 5.74) is 2.23. The van der Waals surface area contributed by atoms with Crippen LogP contribution in [0.25, 0.3) is 5.03 Å². The predicted molar refractivity (Wildman–Crippen MR) is 59.7 cm³/mol. The standard InChI is InChI=1S/C12H13Cl/c1-3-7-10(2)12(13)11-8-5-4-6-9-11/h3-6,8-9H,1,7H2,2H3. The Morgan fingerprint density at radius 3 is 2.54 bits per heavy atom. The van der Waals surface area contributed by atoms with Gasteiger partial charge in [0.15, 0.2) is 0 Å². The van der Waals surface area contributed by atoms with E-state index in [0.717, 1.165) is 22.6 Å². The van der Waals surface area contributed by atoms with Crippen LogP contribution in [0, 0.1) is 0 Å². The van der Waals surface area contributed by atoms with Crippen LogP contribution in [-0.4, -0.2) is 0 Å². The van der Waals surface area contributed by atoms with E-state index in [-0.39, 0.29) is 0 Å². The average molecular weight is 193 g/mol. The van der Waals surface area contributed by atoms with Crippen LogP contribution in [0.1, 0.15) is 18.9 Å². The van der Waals surface area contributed by atoms with Crippen molar-refractivity contribution < 1.29 is 0 Å². The van der Waals surface area contributed by atoms with Gasteiger partial charge < -0.3 is 0 Å². The van der Waals surface area contributed by atoms with Gasteiger partial charge in [0.1, 0.15) is 0 Å². The summed E-state index contributed by atoms with van der Waals surface area (Å²) in [4.78, 5) is 0. The highest BCUT2D eigenvalue weighted by Crippen LogP contribution is 2.24. The second-order valence-corrected chi connectivity index (χ2v) is 3.33. The van der Waals surface area contributed by atoms with Gasteiger partial charge in [0.05, 0.1) is 0 Å². The smallest absolute Gasteiger partial charge is 0.0470 e. The van der Waals surface area contributed by atoms with Gasteiger partial charge in [-0.3, -0.25) is 0 Å². The van der Waals surface area contributed by atoms with Crippen LogP contribution in [0.5, 0.6) is 0 Å². The van der Waals surface area contributed by atoms with Crippen LogP contribution in [0.2, 0.25) is 0 Å². The minimum Gasteiger partial charge on any atom is -0.103 e. The van der Waals surface area contributed by atoms with Crippen molar-refractivity contribution in [3.05, 3.63) is 54.1 Å². The lowest BCUT2D eigenvalue weighted by Gasteiger charge is -2.03. The van der Waals surface area contributed by atoms with Gasteiger partial charge in [-0.25, -0.2) is 0 Å². The van der Waals surface area contributed by atoms with Gasteiger partial charge in [-0.1, -0.05) is 53.6 Å². The average Bonchev–Trinajstić information content (AvgIpc) is 2.18. The molecule has 0 amide bonds. The summed E-state index contributed by atoms with van der Waals surface area (Å²) in [5, 5.41) is 0.834. The molecule has 68 valence electrons. The molecular formula is C12H13Cl.